The molecule has 0 unspecified atom stereocenters. The Labute approximate surface area is 210 Å². The van der Waals surface area contributed by atoms with Crippen LogP contribution in [0.5, 0.6) is 5.75 Å². The highest BCUT2D eigenvalue weighted by Crippen LogP contribution is 2.39. The molecule has 37 heavy (non-hydrogen) atoms. The highest BCUT2D eigenvalue weighted by atomic mass is 19.4. The molecule has 2 atom stereocenters. The van der Waals surface area contributed by atoms with Crippen molar-refractivity contribution in [2.45, 2.75) is 31.6 Å². The number of rotatable bonds is 5. The van der Waals surface area contributed by atoms with Crippen molar-refractivity contribution < 1.29 is 36.7 Å². The number of pyridine rings is 1. The van der Waals surface area contributed by atoms with Crippen molar-refractivity contribution >= 4 is 28.8 Å². The number of amides is 3. The summed E-state index contributed by atoms with van der Waals surface area (Å²) in [6.45, 7) is 2.31. The average Bonchev–Trinajstić information content (AvgIpc) is 3.18. The molecule has 2 aromatic heterocycles. The third-order valence-corrected chi connectivity index (χ3v) is 6.27. The second kappa shape index (κ2) is 9.41. The van der Waals surface area contributed by atoms with E-state index in [9.17, 15) is 27.6 Å². The van der Waals surface area contributed by atoms with Gasteiger partial charge in [-0.25, -0.2) is 4.98 Å². The molecule has 0 saturated carbocycles. The van der Waals surface area contributed by atoms with Crippen LogP contribution in [0.4, 0.5) is 13.2 Å². The van der Waals surface area contributed by atoms with E-state index in [0.29, 0.717) is 6.20 Å². The van der Waals surface area contributed by atoms with Gasteiger partial charge in [0, 0.05) is 20.3 Å². The van der Waals surface area contributed by atoms with Crippen LogP contribution in [0.25, 0.3) is 11.1 Å². The van der Waals surface area contributed by atoms with Gasteiger partial charge in [-0.1, -0.05) is 30.3 Å². The third kappa shape index (κ3) is 4.83. The summed E-state index contributed by atoms with van der Waals surface area (Å²) in [5, 5.41) is 2.86. The molecule has 0 radical (unpaired) electrons. The van der Waals surface area contributed by atoms with Gasteiger partial charge in [0.1, 0.15) is 13.2 Å². The van der Waals surface area contributed by atoms with Crippen LogP contribution in [0.2, 0.25) is 0 Å². The highest BCUT2D eigenvalue weighted by molar-refractivity contribution is 6.05. The zero-order valence-corrected chi connectivity index (χ0v) is 20.5. The number of nitrogens with one attached hydrogen (secondary N) is 1. The van der Waals surface area contributed by atoms with Gasteiger partial charge in [0.2, 0.25) is 17.6 Å². The van der Waals surface area contributed by atoms with Crippen LogP contribution in [0.3, 0.4) is 0 Å². The van der Waals surface area contributed by atoms with Crippen molar-refractivity contribution in [1.82, 2.24) is 20.1 Å². The van der Waals surface area contributed by atoms with Gasteiger partial charge in [-0.05, 0) is 25.5 Å². The van der Waals surface area contributed by atoms with E-state index in [2.05, 4.69) is 10.3 Å². The lowest BCUT2D eigenvalue weighted by atomic mass is 9.97. The van der Waals surface area contributed by atoms with Crippen molar-refractivity contribution in [2.75, 3.05) is 27.2 Å². The average molecular weight is 518 g/mol. The molecule has 4 rings (SSSR count). The summed E-state index contributed by atoms with van der Waals surface area (Å²) in [4.78, 5) is 46.0. The Morgan fingerprint density at radius 3 is 2.54 bits per heavy atom. The molecule has 0 aliphatic carbocycles. The molecule has 3 aromatic rings. The Morgan fingerprint density at radius 2 is 1.92 bits per heavy atom. The number of furan rings is 1. The van der Waals surface area contributed by atoms with E-state index in [1.54, 1.807) is 6.92 Å². The number of hydrogen-bond donors (Lipinski definition) is 1. The first kappa shape index (κ1) is 26.0. The van der Waals surface area contributed by atoms with Gasteiger partial charge in [-0.2, -0.15) is 13.2 Å². The van der Waals surface area contributed by atoms with E-state index in [-0.39, 0.29) is 16.8 Å². The number of likely N-dealkylation sites (N-methyl/N-ethyl adjacent to an activating group) is 1. The number of halogens is 3. The maximum Gasteiger partial charge on any atom is 0.418 e. The largest absolute Gasteiger partial charge is 0.484 e. The van der Waals surface area contributed by atoms with Crippen LogP contribution in [0.1, 0.15) is 41.6 Å². The zero-order valence-electron chi connectivity index (χ0n) is 20.5. The zero-order chi connectivity index (χ0) is 27.1. The molecule has 3 amide bonds. The normalized spacial score (nSPS) is 18.6. The van der Waals surface area contributed by atoms with Gasteiger partial charge in [0.25, 0.3) is 5.91 Å². The summed E-state index contributed by atoms with van der Waals surface area (Å²) in [7, 11) is 2.98. The first-order valence-corrected chi connectivity index (χ1v) is 11.3. The van der Waals surface area contributed by atoms with Crippen LogP contribution in [0, 0.1) is 0 Å². The lowest BCUT2D eigenvalue weighted by Crippen LogP contribution is -2.63. The Hall–Kier alpha value is -4.09. The molecule has 0 saturated heterocycles. The molecule has 0 bridgehead atoms. The minimum atomic E-state index is -4.67. The number of hydrogen-bond acceptors (Lipinski definition) is 6. The summed E-state index contributed by atoms with van der Waals surface area (Å²) < 4.78 is 50.8. The molecule has 1 aliphatic rings. The number of benzene rings is 1. The number of carbonyl (C=O) groups is 3. The van der Waals surface area contributed by atoms with E-state index in [0.717, 1.165) is 16.5 Å². The molecule has 1 aromatic carbocycles. The highest BCUT2D eigenvalue weighted by Gasteiger charge is 2.49. The van der Waals surface area contributed by atoms with Gasteiger partial charge < -0.3 is 24.3 Å². The Balaban J connectivity index is 1.74. The molecule has 12 heteroatoms. The summed E-state index contributed by atoms with van der Waals surface area (Å²) in [6.07, 6.45) is -4.07. The monoisotopic (exact) mass is 518 g/mol. The minimum absolute atomic E-state index is 0.0995. The Kier molecular flexibility index (Phi) is 6.61. The lowest BCUT2D eigenvalue weighted by Gasteiger charge is -2.38. The van der Waals surface area contributed by atoms with Crippen LogP contribution in [-0.4, -0.2) is 65.3 Å². The van der Waals surface area contributed by atoms with Crippen LogP contribution >= 0.6 is 0 Å². The Morgan fingerprint density at radius 1 is 1.24 bits per heavy atom. The van der Waals surface area contributed by atoms with Gasteiger partial charge in [-0.15, -0.1) is 0 Å². The van der Waals surface area contributed by atoms with E-state index in [1.807, 2.05) is 30.3 Å². The molecule has 0 spiro atoms. The van der Waals surface area contributed by atoms with Crippen molar-refractivity contribution in [3.63, 3.8) is 0 Å². The van der Waals surface area contributed by atoms with E-state index in [1.165, 1.54) is 25.9 Å². The van der Waals surface area contributed by atoms with Crippen molar-refractivity contribution in [2.24, 2.45) is 0 Å². The van der Waals surface area contributed by atoms with Gasteiger partial charge >= 0.3 is 6.18 Å². The van der Waals surface area contributed by atoms with Gasteiger partial charge in [0.05, 0.1) is 11.6 Å². The summed E-state index contributed by atoms with van der Waals surface area (Å²) in [5.41, 5.74) is -2.32. The van der Waals surface area contributed by atoms with E-state index < -0.39 is 60.0 Å². The fraction of sp³-hybridized carbons (Fsp3) is 0.360. The lowest BCUT2D eigenvalue weighted by molar-refractivity contribution is -0.138. The van der Waals surface area contributed by atoms with Gasteiger partial charge in [0.15, 0.2) is 22.4 Å². The smallest absolute Gasteiger partial charge is 0.418 e. The fourth-order valence-electron chi connectivity index (χ4n) is 3.91. The van der Waals surface area contributed by atoms with Crippen molar-refractivity contribution in [3.05, 3.63) is 59.5 Å². The topological polar surface area (TPSA) is 105 Å². The number of alkyl halides is 3. The maximum absolute atomic E-state index is 13.7. The van der Waals surface area contributed by atoms with Crippen LogP contribution in [-0.2, 0) is 15.8 Å². The third-order valence-electron chi connectivity index (χ3n) is 6.27. The minimum Gasteiger partial charge on any atom is -0.484 e. The summed E-state index contributed by atoms with van der Waals surface area (Å²) in [5.74, 6) is -2.60. The quantitative estimate of drug-likeness (QED) is 0.555. The van der Waals surface area contributed by atoms with E-state index in [4.69, 9.17) is 9.15 Å². The van der Waals surface area contributed by atoms with Crippen LogP contribution < -0.4 is 10.1 Å². The van der Waals surface area contributed by atoms with Gasteiger partial charge in [-0.3, -0.25) is 14.4 Å². The predicted octanol–water partition coefficient (Wildman–Crippen LogP) is 3.41. The maximum atomic E-state index is 13.7. The molecule has 0 fully saturated rings. The number of aromatic nitrogens is 1. The molecule has 9 nitrogen and oxygen atoms in total. The molecule has 196 valence electrons. The molecular weight excluding hydrogens is 493 g/mol. The number of ether oxygens (including phenoxy) is 1. The molecule has 1 N–H and O–H groups in total. The summed E-state index contributed by atoms with van der Waals surface area (Å²) >= 11 is 0. The van der Waals surface area contributed by atoms with E-state index >= 15 is 0 Å². The second-order valence-electron chi connectivity index (χ2n) is 9.18. The second-order valence-corrected chi connectivity index (χ2v) is 9.18. The summed E-state index contributed by atoms with van der Waals surface area (Å²) in [6, 6.07) is 9.42. The Bertz CT molecular complexity index is 1360. The predicted molar refractivity (Wildman–Crippen MR) is 126 cm³/mol. The van der Waals surface area contributed by atoms with Crippen LogP contribution in [0.15, 0.2) is 47.0 Å². The van der Waals surface area contributed by atoms with Crippen molar-refractivity contribution in [1.29, 1.82) is 0 Å². The number of nitrogens with zero attached hydrogens (tertiary/aromatic N) is 3. The molecule has 1 aliphatic heterocycles. The number of carbonyl (C=O) groups excluding carboxylic acids is 3. The molecular formula is C25H25F3N4O5. The fourth-order valence-corrected chi connectivity index (χ4v) is 3.91. The first-order chi connectivity index (χ1) is 17.3. The standard InChI is InChI=1S/C25H25F3N4O5/c1-14(15-8-6-5-7-9-15)30-23(35)24(2)13-36-20-19-17(10-16(11-29-19)25(26,27)28)37-21(20)22(34)32(24)12-18(33)31(3)4/h5-11,14H,12-13H2,1-4H3,(H,30,35)/t14-,24+/m0/s1. The molecule has 3 heterocycles. The SMILES string of the molecule is C[C@H](NC(=O)[C@@]1(C)COc2c(oc3cc(C(F)(F)F)cnc23)C(=O)N1CC(=O)N(C)C)c1ccccc1. The van der Waals surface area contributed by atoms with Crippen molar-refractivity contribution in [3.8, 4) is 5.75 Å². The number of fused-ring (bicyclic) bond motifs is 3. The first-order valence-electron chi connectivity index (χ1n) is 11.3.